The lowest BCUT2D eigenvalue weighted by Crippen LogP contribution is -2.49. The quantitative estimate of drug-likeness (QED) is 0.709. The van der Waals surface area contributed by atoms with Crippen LogP contribution in [0.2, 0.25) is 0 Å². The van der Waals surface area contributed by atoms with Gasteiger partial charge in [-0.1, -0.05) is 0 Å². The van der Waals surface area contributed by atoms with E-state index in [0.29, 0.717) is 25.2 Å². The van der Waals surface area contributed by atoms with Gasteiger partial charge in [-0.2, -0.15) is 0 Å². The molecular formula is C20H35N3O4. The highest BCUT2D eigenvalue weighted by atomic mass is 16.4. The zero-order chi connectivity index (χ0) is 19.8. The highest BCUT2D eigenvalue weighted by molar-refractivity contribution is 5.76. The van der Waals surface area contributed by atoms with Gasteiger partial charge < -0.3 is 20.2 Å². The van der Waals surface area contributed by atoms with Crippen molar-refractivity contribution >= 4 is 17.9 Å². The number of carboxylic acids is 1. The molecule has 1 aliphatic carbocycles. The first-order valence-corrected chi connectivity index (χ1v) is 10.5. The van der Waals surface area contributed by atoms with E-state index in [9.17, 15) is 14.4 Å². The van der Waals surface area contributed by atoms with Gasteiger partial charge in [-0.3, -0.25) is 9.59 Å². The van der Waals surface area contributed by atoms with Crippen molar-refractivity contribution < 1.29 is 19.5 Å². The van der Waals surface area contributed by atoms with Crippen LogP contribution in [0.25, 0.3) is 0 Å². The summed E-state index contributed by atoms with van der Waals surface area (Å²) in [5, 5.41) is 12.1. The van der Waals surface area contributed by atoms with Crippen LogP contribution in [-0.2, 0) is 9.59 Å². The zero-order valence-electron chi connectivity index (χ0n) is 16.8. The molecule has 0 bridgehead atoms. The molecule has 1 saturated heterocycles. The normalized spacial score (nSPS) is 23.7. The molecule has 0 spiro atoms. The Morgan fingerprint density at radius 3 is 2.11 bits per heavy atom. The van der Waals surface area contributed by atoms with Gasteiger partial charge in [0, 0.05) is 38.6 Å². The fourth-order valence-corrected chi connectivity index (χ4v) is 4.24. The lowest BCUT2D eigenvalue weighted by Gasteiger charge is -2.34. The molecule has 2 N–H and O–H groups in total. The lowest BCUT2D eigenvalue weighted by molar-refractivity contribution is -0.142. The molecule has 154 valence electrons. The Morgan fingerprint density at radius 1 is 1.00 bits per heavy atom. The van der Waals surface area contributed by atoms with Gasteiger partial charge in [0.05, 0.1) is 5.92 Å². The van der Waals surface area contributed by atoms with E-state index in [2.05, 4.69) is 5.32 Å². The number of carbonyl (C=O) groups is 3. The Hall–Kier alpha value is -1.79. The third kappa shape index (κ3) is 6.40. The number of amides is 3. The number of piperidine rings is 1. The molecule has 0 aromatic rings. The molecule has 0 radical (unpaired) electrons. The maximum absolute atomic E-state index is 12.5. The number of hydrogen-bond acceptors (Lipinski definition) is 3. The van der Waals surface area contributed by atoms with Crippen LogP contribution in [0.5, 0.6) is 0 Å². The number of aliphatic carboxylic acids is 1. The Kier molecular flexibility index (Phi) is 8.38. The third-order valence-electron chi connectivity index (χ3n) is 6.19. The lowest BCUT2D eigenvalue weighted by atomic mass is 9.86. The second kappa shape index (κ2) is 10.5. The highest BCUT2D eigenvalue weighted by Crippen LogP contribution is 2.26. The molecule has 2 fully saturated rings. The van der Waals surface area contributed by atoms with Gasteiger partial charge in [0.2, 0.25) is 5.91 Å². The largest absolute Gasteiger partial charge is 0.481 e. The molecule has 7 nitrogen and oxygen atoms in total. The fraction of sp³-hybridized carbons (Fsp3) is 0.850. The van der Waals surface area contributed by atoms with Crippen LogP contribution in [-0.4, -0.2) is 65.0 Å². The number of nitrogens with zero attached hydrogens (tertiary/aromatic N) is 2. The van der Waals surface area contributed by atoms with Crippen LogP contribution in [0.3, 0.4) is 0 Å². The first-order valence-electron chi connectivity index (χ1n) is 10.5. The molecule has 2 aliphatic rings. The Balaban J connectivity index is 1.66. The van der Waals surface area contributed by atoms with E-state index in [1.165, 1.54) is 0 Å². The predicted octanol–water partition coefficient (Wildman–Crippen LogP) is 2.70. The molecule has 1 saturated carbocycles. The van der Waals surface area contributed by atoms with Crippen LogP contribution in [0.4, 0.5) is 4.79 Å². The molecular weight excluding hydrogens is 346 g/mol. The summed E-state index contributed by atoms with van der Waals surface area (Å²) < 4.78 is 0. The van der Waals surface area contributed by atoms with Crippen molar-refractivity contribution in [3.63, 3.8) is 0 Å². The molecule has 27 heavy (non-hydrogen) atoms. The first kappa shape index (κ1) is 21.5. The third-order valence-corrected chi connectivity index (χ3v) is 6.19. The average Bonchev–Trinajstić information content (AvgIpc) is 2.68. The first-order chi connectivity index (χ1) is 12.9. The summed E-state index contributed by atoms with van der Waals surface area (Å²) in [6.45, 7) is 7.02. The minimum Gasteiger partial charge on any atom is -0.481 e. The van der Waals surface area contributed by atoms with Gasteiger partial charge in [-0.25, -0.2) is 4.79 Å². The van der Waals surface area contributed by atoms with Crippen LogP contribution < -0.4 is 5.32 Å². The van der Waals surface area contributed by atoms with Gasteiger partial charge in [0.15, 0.2) is 0 Å². The summed E-state index contributed by atoms with van der Waals surface area (Å²) in [6.07, 6.45) is 6.18. The Labute approximate surface area is 162 Å². The van der Waals surface area contributed by atoms with Crippen LogP contribution in [0, 0.1) is 11.8 Å². The number of urea groups is 1. The molecule has 0 aromatic heterocycles. The predicted molar refractivity (Wildman–Crippen MR) is 103 cm³/mol. The second-order valence-corrected chi connectivity index (χ2v) is 7.87. The van der Waals surface area contributed by atoms with E-state index >= 15 is 0 Å². The number of carboxylic acid groups (broad SMARTS) is 1. The molecule has 2 rings (SSSR count). The van der Waals surface area contributed by atoms with Crippen LogP contribution in [0.15, 0.2) is 0 Å². The van der Waals surface area contributed by atoms with Crippen molar-refractivity contribution in [2.75, 3.05) is 26.2 Å². The van der Waals surface area contributed by atoms with Crippen molar-refractivity contribution in [2.45, 2.75) is 71.3 Å². The van der Waals surface area contributed by atoms with Crippen LogP contribution >= 0.6 is 0 Å². The van der Waals surface area contributed by atoms with Crippen molar-refractivity contribution in [1.29, 1.82) is 0 Å². The molecule has 0 unspecified atom stereocenters. The minimum absolute atomic E-state index is 0.0218. The topological polar surface area (TPSA) is 90.0 Å². The Morgan fingerprint density at radius 2 is 1.59 bits per heavy atom. The van der Waals surface area contributed by atoms with Gasteiger partial charge in [-0.15, -0.1) is 0 Å². The molecule has 3 amide bonds. The summed E-state index contributed by atoms with van der Waals surface area (Å²) in [5.74, 6) is -0.231. The van der Waals surface area contributed by atoms with E-state index in [1.54, 1.807) is 0 Å². The van der Waals surface area contributed by atoms with Crippen molar-refractivity contribution in [1.82, 2.24) is 15.1 Å². The number of hydrogen-bond donors (Lipinski definition) is 2. The minimum atomic E-state index is -0.721. The van der Waals surface area contributed by atoms with E-state index in [4.69, 9.17) is 5.11 Å². The number of carbonyl (C=O) groups excluding carboxylic acids is 2. The van der Waals surface area contributed by atoms with Crippen molar-refractivity contribution in [2.24, 2.45) is 11.8 Å². The summed E-state index contributed by atoms with van der Waals surface area (Å²) in [4.78, 5) is 39.3. The summed E-state index contributed by atoms with van der Waals surface area (Å²) in [6, 6.07) is 0.0731. The van der Waals surface area contributed by atoms with E-state index in [0.717, 1.165) is 58.3 Å². The maximum Gasteiger partial charge on any atom is 0.317 e. The summed E-state index contributed by atoms with van der Waals surface area (Å²) in [5.41, 5.74) is 0. The molecule has 0 aromatic carbocycles. The summed E-state index contributed by atoms with van der Waals surface area (Å²) >= 11 is 0. The van der Waals surface area contributed by atoms with E-state index < -0.39 is 5.97 Å². The van der Waals surface area contributed by atoms with Crippen molar-refractivity contribution in [3.05, 3.63) is 0 Å². The maximum atomic E-state index is 12.5. The zero-order valence-corrected chi connectivity index (χ0v) is 16.8. The van der Waals surface area contributed by atoms with Crippen LogP contribution in [0.1, 0.15) is 65.2 Å². The van der Waals surface area contributed by atoms with Gasteiger partial charge >= 0.3 is 12.0 Å². The highest BCUT2D eigenvalue weighted by Gasteiger charge is 2.29. The average molecular weight is 382 g/mol. The van der Waals surface area contributed by atoms with E-state index in [-0.39, 0.29) is 23.9 Å². The monoisotopic (exact) mass is 381 g/mol. The molecule has 1 aliphatic heterocycles. The number of nitrogens with one attached hydrogen (secondary N) is 1. The molecule has 7 heteroatoms. The van der Waals surface area contributed by atoms with Gasteiger partial charge in [-0.05, 0) is 64.7 Å². The van der Waals surface area contributed by atoms with E-state index in [1.807, 2.05) is 23.6 Å². The van der Waals surface area contributed by atoms with Crippen molar-refractivity contribution in [3.8, 4) is 0 Å². The molecule has 0 atom stereocenters. The summed E-state index contributed by atoms with van der Waals surface area (Å²) in [7, 11) is 0. The SMILES string of the molecule is CCN(CC)C(=O)CCC1CCN(C(=O)NC2CCC(C(=O)O)CC2)CC1. The van der Waals surface area contributed by atoms with Gasteiger partial charge in [0.25, 0.3) is 0 Å². The fourth-order valence-electron chi connectivity index (χ4n) is 4.24. The molecule has 1 heterocycles. The number of rotatable bonds is 7. The standard InChI is InChI=1S/C20H35N3O4/c1-3-22(4-2)18(24)10-5-15-11-13-23(14-12-15)20(27)21-17-8-6-16(7-9-17)19(25)26/h15-17H,3-14H2,1-2H3,(H,21,27)(H,25,26). The number of likely N-dealkylation sites (tertiary alicyclic amines) is 1. The van der Waals surface area contributed by atoms with Gasteiger partial charge in [0.1, 0.15) is 0 Å². The second-order valence-electron chi connectivity index (χ2n) is 7.87. The smallest absolute Gasteiger partial charge is 0.317 e. The Bertz CT molecular complexity index is 505.